The lowest BCUT2D eigenvalue weighted by Gasteiger charge is -2.38. The van der Waals surface area contributed by atoms with Gasteiger partial charge in [0, 0.05) is 40.8 Å². The second-order valence-corrected chi connectivity index (χ2v) is 8.53. The van der Waals surface area contributed by atoms with Crippen molar-refractivity contribution in [2.75, 3.05) is 18.4 Å². The number of likely N-dealkylation sites (tertiary alicyclic amines) is 1. The summed E-state index contributed by atoms with van der Waals surface area (Å²) < 4.78 is 15.3. The van der Waals surface area contributed by atoms with Gasteiger partial charge in [-0.3, -0.25) is 9.69 Å². The van der Waals surface area contributed by atoms with E-state index in [1.54, 1.807) is 12.1 Å². The third-order valence-electron chi connectivity index (χ3n) is 6.51. The van der Waals surface area contributed by atoms with Gasteiger partial charge in [-0.2, -0.15) is 0 Å². The summed E-state index contributed by atoms with van der Waals surface area (Å²) in [5, 5.41) is 3.62. The molecule has 2 fully saturated rings. The summed E-state index contributed by atoms with van der Waals surface area (Å²) in [6.07, 6.45) is 4.67. The van der Waals surface area contributed by atoms with Crippen LogP contribution in [-0.4, -0.2) is 23.9 Å². The van der Waals surface area contributed by atoms with Crippen LogP contribution in [0.3, 0.4) is 0 Å². The Morgan fingerprint density at radius 2 is 2.11 bits per heavy atom. The number of nitrogens with zero attached hydrogens (tertiary/aromatic N) is 1. The summed E-state index contributed by atoms with van der Waals surface area (Å²) in [6, 6.07) is 10.9. The summed E-state index contributed by atoms with van der Waals surface area (Å²) in [6.45, 7) is 5.37. The highest BCUT2D eigenvalue weighted by Gasteiger charge is 2.60. The first kappa shape index (κ1) is 17.9. The fraction of sp³-hybridized carbons (Fsp3) is 0.348. The second-order valence-electron chi connectivity index (χ2n) is 8.10. The van der Waals surface area contributed by atoms with Gasteiger partial charge in [0.05, 0.1) is 0 Å². The molecule has 1 unspecified atom stereocenters. The van der Waals surface area contributed by atoms with Gasteiger partial charge in [-0.15, -0.1) is 0 Å². The summed E-state index contributed by atoms with van der Waals surface area (Å²) in [5.41, 5.74) is 1.83. The van der Waals surface area contributed by atoms with Gasteiger partial charge in [0.2, 0.25) is 5.91 Å². The predicted octanol–water partition coefficient (Wildman–Crippen LogP) is 5.17. The number of anilines is 1. The van der Waals surface area contributed by atoms with Gasteiger partial charge in [0.1, 0.15) is 11.4 Å². The van der Waals surface area contributed by atoms with E-state index in [1.807, 2.05) is 24.3 Å². The highest BCUT2D eigenvalue weighted by atomic mass is 35.5. The van der Waals surface area contributed by atoms with Crippen molar-refractivity contribution < 1.29 is 9.18 Å². The zero-order valence-electron chi connectivity index (χ0n) is 15.6. The Morgan fingerprint density at radius 1 is 1.29 bits per heavy atom. The first-order valence-electron chi connectivity index (χ1n) is 9.83. The van der Waals surface area contributed by atoms with E-state index in [4.69, 9.17) is 11.6 Å². The van der Waals surface area contributed by atoms with Crippen molar-refractivity contribution in [3.8, 4) is 0 Å². The van der Waals surface area contributed by atoms with Crippen LogP contribution in [0.4, 0.5) is 10.1 Å². The van der Waals surface area contributed by atoms with E-state index in [-0.39, 0.29) is 17.6 Å². The highest BCUT2D eigenvalue weighted by Crippen LogP contribution is 2.56. The number of hydrogen-bond donors (Lipinski definition) is 1. The van der Waals surface area contributed by atoms with Crippen LogP contribution in [0.25, 0.3) is 6.08 Å². The number of amides is 1. The fourth-order valence-corrected chi connectivity index (χ4v) is 5.24. The van der Waals surface area contributed by atoms with Crippen molar-refractivity contribution in [1.29, 1.82) is 0 Å². The first-order chi connectivity index (χ1) is 13.6. The van der Waals surface area contributed by atoms with Crippen molar-refractivity contribution in [1.82, 2.24) is 4.90 Å². The van der Waals surface area contributed by atoms with E-state index >= 15 is 4.39 Å². The molecule has 1 saturated heterocycles. The Balaban J connectivity index is 1.70. The van der Waals surface area contributed by atoms with E-state index in [9.17, 15) is 4.79 Å². The van der Waals surface area contributed by atoms with Crippen LogP contribution in [0.1, 0.15) is 41.9 Å². The van der Waals surface area contributed by atoms with Crippen LogP contribution in [0.15, 0.2) is 43.0 Å². The Kier molecular flexibility index (Phi) is 4.11. The number of carbonyl (C=O) groups excluding carboxylic acids is 1. The van der Waals surface area contributed by atoms with Crippen molar-refractivity contribution in [2.24, 2.45) is 5.92 Å². The number of nitrogens with one attached hydrogen (secondary N) is 1. The number of halogens is 2. The van der Waals surface area contributed by atoms with Gasteiger partial charge in [0.25, 0.3) is 0 Å². The first-order valence-corrected chi connectivity index (χ1v) is 10.2. The molecule has 28 heavy (non-hydrogen) atoms. The number of hydrogen-bond acceptors (Lipinski definition) is 2. The smallest absolute Gasteiger partial charge is 0.250 e. The maximum absolute atomic E-state index is 15.3. The molecule has 0 bridgehead atoms. The zero-order valence-corrected chi connectivity index (χ0v) is 16.3. The average molecular weight is 397 g/mol. The van der Waals surface area contributed by atoms with Gasteiger partial charge in [-0.05, 0) is 42.9 Å². The molecular weight excluding hydrogens is 375 g/mol. The number of benzene rings is 2. The molecule has 1 N–H and O–H groups in total. The molecule has 5 rings (SSSR count). The molecule has 5 heteroatoms. The van der Waals surface area contributed by atoms with E-state index in [0.717, 1.165) is 30.8 Å². The molecule has 1 saturated carbocycles. The summed E-state index contributed by atoms with van der Waals surface area (Å²) in [5.74, 6) is 0.0272. The molecule has 3 nitrogen and oxygen atoms in total. The largest absolute Gasteiger partial charge is 0.324 e. The second kappa shape index (κ2) is 6.43. The lowest BCUT2D eigenvalue weighted by molar-refractivity contribution is -0.127. The normalized spacial score (nSPS) is 26.5. The fourth-order valence-electron chi connectivity index (χ4n) is 5.07. The van der Waals surface area contributed by atoms with Gasteiger partial charge in [0.15, 0.2) is 0 Å². The van der Waals surface area contributed by atoms with Gasteiger partial charge in [-0.25, -0.2) is 4.39 Å². The minimum Gasteiger partial charge on any atom is -0.324 e. The molecule has 3 aliphatic rings. The Morgan fingerprint density at radius 3 is 2.86 bits per heavy atom. The average Bonchev–Trinajstić information content (AvgIpc) is 3.35. The van der Waals surface area contributed by atoms with E-state index in [0.29, 0.717) is 22.1 Å². The third kappa shape index (κ3) is 2.48. The summed E-state index contributed by atoms with van der Waals surface area (Å²) in [7, 11) is 0. The van der Waals surface area contributed by atoms with E-state index < -0.39 is 5.54 Å². The van der Waals surface area contributed by atoms with Crippen molar-refractivity contribution in [2.45, 2.75) is 30.7 Å². The molecular formula is C23H22ClFN2O. The Hall–Kier alpha value is -2.17. The minimum atomic E-state index is -0.886. The molecule has 2 aliphatic heterocycles. The van der Waals surface area contributed by atoms with Crippen molar-refractivity contribution in [3.05, 3.63) is 70.5 Å². The number of fused-ring (bicyclic) bond motifs is 2. The zero-order chi connectivity index (χ0) is 19.5. The van der Waals surface area contributed by atoms with Gasteiger partial charge >= 0.3 is 0 Å². The predicted molar refractivity (Wildman–Crippen MR) is 110 cm³/mol. The maximum atomic E-state index is 15.3. The molecule has 144 valence electrons. The topological polar surface area (TPSA) is 32.3 Å². The standard InChI is InChI=1S/C23H22ClFN2O/c1-2-15-4-3-5-17(21(15)25)18-10-11-27(13-14-6-7-14)23(18)19-9-8-16(24)12-20(19)26-22(23)28/h2-5,8-9,12,14,18H,1,6-7,10-11,13H2,(H,26,28)/t18-,23?/m1/s1. The van der Waals surface area contributed by atoms with Crippen LogP contribution in [0, 0.1) is 11.7 Å². The molecule has 0 radical (unpaired) electrons. The maximum Gasteiger partial charge on any atom is 0.250 e. The SMILES string of the molecule is C=Cc1cccc([C@H]2CCN(CC3CC3)C23C(=O)Nc2cc(Cl)ccc23)c1F. The van der Waals surface area contributed by atoms with E-state index in [2.05, 4.69) is 16.8 Å². The Bertz CT molecular complexity index is 987. The van der Waals surface area contributed by atoms with Gasteiger partial charge < -0.3 is 5.32 Å². The van der Waals surface area contributed by atoms with Gasteiger partial charge in [-0.1, -0.05) is 48.5 Å². The lowest BCUT2D eigenvalue weighted by atomic mass is 9.75. The summed E-state index contributed by atoms with van der Waals surface area (Å²) in [4.78, 5) is 15.8. The molecule has 2 aromatic rings. The van der Waals surface area contributed by atoms with Crippen molar-refractivity contribution in [3.63, 3.8) is 0 Å². The van der Waals surface area contributed by atoms with Crippen LogP contribution in [0.2, 0.25) is 5.02 Å². The van der Waals surface area contributed by atoms with Crippen LogP contribution in [0.5, 0.6) is 0 Å². The molecule has 0 aromatic heterocycles. The number of rotatable bonds is 4. The third-order valence-corrected chi connectivity index (χ3v) is 6.74. The highest BCUT2D eigenvalue weighted by molar-refractivity contribution is 6.31. The van der Waals surface area contributed by atoms with Crippen LogP contribution < -0.4 is 5.32 Å². The molecule has 2 atom stereocenters. The number of carbonyl (C=O) groups is 1. The lowest BCUT2D eigenvalue weighted by Crippen LogP contribution is -2.50. The van der Waals surface area contributed by atoms with Crippen LogP contribution >= 0.6 is 11.6 Å². The molecule has 1 spiro atoms. The molecule has 1 aliphatic carbocycles. The monoisotopic (exact) mass is 396 g/mol. The van der Waals surface area contributed by atoms with Crippen LogP contribution in [-0.2, 0) is 10.3 Å². The van der Waals surface area contributed by atoms with E-state index in [1.165, 1.54) is 18.9 Å². The molecule has 2 heterocycles. The quantitative estimate of drug-likeness (QED) is 0.773. The Labute approximate surface area is 169 Å². The van der Waals surface area contributed by atoms with Crippen molar-refractivity contribution >= 4 is 29.3 Å². The minimum absolute atomic E-state index is 0.0728. The summed E-state index contributed by atoms with van der Waals surface area (Å²) >= 11 is 6.18. The molecule has 1 amide bonds. The molecule has 2 aromatic carbocycles.